The average molecular weight is 313 g/mol. The van der Waals surface area contributed by atoms with Crippen LogP contribution in [0.25, 0.3) is 0 Å². The van der Waals surface area contributed by atoms with Gasteiger partial charge in [0.05, 0.1) is 11.7 Å². The molecular weight excluding hydrogens is 290 g/mol. The second-order valence-corrected chi connectivity index (χ2v) is 7.84. The van der Waals surface area contributed by atoms with E-state index in [2.05, 4.69) is 5.16 Å². The Morgan fingerprint density at radius 1 is 1.14 bits per heavy atom. The fourth-order valence-electron chi connectivity index (χ4n) is 3.25. The summed E-state index contributed by atoms with van der Waals surface area (Å²) in [6.45, 7) is 3.72. The van der Waals surface area contributed by atoms with Gasteiger partial charge in [0.15, 0.2) is 5.76 Å². The van der Waals surface area contributed by atoms with Gasteiger partial charge in [-0.3, -0.25) is 0 Å². The Bertz CT molecular complexity index is 578. The lowest BCUT2D eigenvalue weighted by Gasteiger charge is -2.31. The molecule has 0 radical (unpaired) electrons. The Labute approximate surface area is 126 Å². The number of aryl methyl sites for hydroxylation is 1. The number of hydrogen-bond acceptors (Lipinski definition) is 4. The van der Waals surface area contributed by atoms with Crippen LogP contribution < -0.4 is 0 Å². The van der Waals surface area contributed by atoms with Crippen LogP contribution in [0, 0.1) is 6.92 Å². The molecule has 0 aliphatic carbocycles. The predicted octanol–water partition coefficient (Wildman–Crippen LogP) is 2.24. The van der Waals surface area contributed by atoms with E-state index in [0.29, 0.717) is 25.4 Å². The third-order valence-corrected chi connectivity index (χ3v) is 6.41. The van der Waals surface area contributed by atoms with E-state index in [9.17, 15) is 8.42 Å². The van der Waals surface area contributed by atoms with Crippen molar-refractivity contribution < 1.29 is 12.9 Å². The number of aromatic nitrogens is 1. The largest absolute Gasteiger partial charge is 0.359 e. The van der Waals surface area contributed by atoms with Gasteiger partial charge >= 0.3 is 0 Å². The minimum atomic E-state index is -3.39. The van der Waals surface area contributed by atoms with Crippen molar-refractivity contribution in [3.63, 3.8) is 0 Å². The highest BCUT2D eigenvalue weighted by molar-refractivity contribution is 7.86. The molecule has 3 rings (SSSR count). The SMILES string of the molecule is Cc1cc([C@@H]2CCCCCN2S(=O)(=O)N2CCCC2)on1. The molecule has 2 fully saturated rings. The quantitative estimate of drug-likeness (QED) is 0.858. The summed E-state index contributed by atoms with van der Waals surface area (Å²) in [5, 5.41) is 3.93. The molecule has 118 valence electrons. The van der Waals surface area contributed by atoms with Crippen molar-refractivity contribution in [2.45, 2.75) is 51.5 Å². The van der Waals surface area contributed by atoms with Gasteiger partial charge in [0, 0.05) is 25.7 Å². The maximum absolute atomic E-state index is 12.9. The summed E-state index contributed by atoms with van der Waals surface area (Å²) >= 11 is 0. The lowest BCUT2D eigenvalue weighted by molar-refractivity contribution is 0.245. The number of nitrogens with zero attached hydrogens (tertiary/aromatic N) is 3. The molecule has 21 heavy (non-hydrogen) atoms. The standard InChI is InChI=1S/C14H23N3O3S/c1-12-11-14(20-15-12)13-7-3-2-4-10-17(13)21(18,19)16-8-5-6-9-16/h11,13H,2-10H2,1H3/t13-/m0/s1. The van der Waals surface area contributed by atoms with Gasteiger partial charge in [-0.05, 0) is 32.6 Å². The first-order valence-corrected chi connectivity index (χ1v) is 9.19. The molecule has 0 saturated carbocycles. The maximum atomic E-state index is 12.9. The summed E-state index contributed by atoms with van der Waals surface area (Å²) in [6, 6.07) is 1.65. The Morgan fingerprint density at radius 3 is 2.52 bits per heavy atom. The molecule has 1 atom stereocenters. The molecule has 1 aromatic rings. The van der Waals surface area contributed by atoms with Crippen molar-refractivity contribution in [2.75, 3.05) is 19.6 Å². The van der Waals surface area contributed by atoms with Gasteiger partial charge in [-0.1, -0.05) is 18.0 Å². The van der Waals surface area contributed by atoms with E-state index in [4.69, 9.17) is 4.52 Å². The molecule has 0 amide bonds. The van der Waals surface area contributed by atoms with E-state index in [1.54, 1.807) is 8.61 Å². The topological polar surface area (TPSA) is 66.7 Å². The first-order chi connectivity index (χ1) is 10.1. The van der Waals surface area contributed by atoms with E-state index in [1.807, 2.05) is 13.0 Å². The summed E-state index contributed by atoms with van der Waals surface area (Å²) in [7, 11) is -3.39. The van der Waals surface area contributed by atoms with Crippen LogP contribution >= 0.6 is 0 Å². The van der Waals surface area contributed by atoms with Crippen molar-refractivity contribution in [1.82, 2.24) is 13.8 Å². The summed E-state index contributed by atoms with van der Waals surface area (Å²) in [4.78, 5) is 0. The minimum absolute atomic E-state index is 0.209. The number of hydrogen-bond donors (Lipinski definition) is 0. The minimum Gasteiger partial charge on any atom is -0.359 e. The van der Waals surface area contributed by atoms with Crippen molar-refractivity contribution in [1.29, 1.82) is 0 Å². The second-order valence-electron chi connectivity index (χ2n) is 5.96. The smallest absolute Gasteiger partial charge is 0.282 e. The Morgan fingerprint density at radius 2 is 1.86 bits per heavy atom. The third-order valence-electron chi connectivity index (χ3n) is 4.37. The van der Waals surface area contributed by atoms with Crippen LogP contribution in [0.1, 0.15) is 56.0 Å². The van der Waals surface area contributed by atoms with E-state index >= 15 is 0 Å². The lowest BCUT2D eigenvalue weighted by Crippen LogP contribution is -2.44. The molecular formula is C14H23N3O3S. The molecule has 7 heteroatoms. The summed E-state index contributed by atoms with van der Waals surface area (Å²) in [5.74, 6) is 0.678. The van der Waals surface area contributed by atoms with Gasteiger partial charge in [0.1, 0.15) is 0 Å². The third kappa shape index (κ3) is 3.00. The van der Waals surface area contributed by atoms with Gasteiger partial charge in [-0.15, -0.1) is 0 Å². The first-order valence-electron chi connectivity index (χ1n) is 7.79. The van der Waals surface area contributed by atoms with Gasteiger partial charge in [0.25, 0.3) is 10.2 Å². The molecule has 0 N–H and O–H groups in total. The van der Waals surface area contributed by atoms with Crippen LogP contribution in [0.5, 0.6) is 0 Å². The maximum Gasteiger partial charge on any atom is 0.282 e. The van der Waals surface area contributed by atoms with Crippen molar-refractivity contribution in [3.8, 4) is 0 Å². The van der Waals surface area contributed by atoms with Gasteiger partial charge in [0.2, 0.25) is 0 Å². The van der Waals surface area contributed by atoms with E-state index in [0.717, 1.165) is 44.2 Å². The van der Waals surface area contributed by atoms with Crippen LogP contribution in [0.4, 0.5) is 0 Å². The molecule has 2 aliphatic rings. The summed E-state index contributed by atoms with van der Waals surface area (Å²) < 4.78 is 34.5. The fraction of sp³-hybridized carbons (Fsp3) is 0.786. The zero-order valence-electron chi connectivity index (χ0n) is 12.5. The van der Waals surface area contributed by atoms with Gasteiger partial charge in [-0.2, -0.15) is 17.0 Å². The molecule has 0 unspecified atom stereocenters. The van der Waals surface area contributed by atoms with E-state index < -0.39 is 10.2 Å². The molecule has 3 heterocycles. The van der Waals surface area contributed by atoms with Crippen LogP contribution in [-0.2, 0) is 10.2 Å². The molecule has 0 aromatic carbocycles. The highest BCUT2D eigenvalue weighted by atomic mass is 32.2. The molecule has 0 spiro atoms. The van der Waals surface area contributed by atoms with E-state index in [1.165, 1.54) is 0 Å². The highest BCUT2D eigenvalue weighted by Crippen LogP contribution is 2.34. The Hall–Kier alpha value is -0.920. The average Bonchev–Trinajstić information content (AvgIpc) is 3.06. The van der Waals surface area contributed by atoms with Crippen LogP contribution in [0.15, 0.2) is 10.6 Å². The summed E-state index contributed by atoms with van der Waals surface area (Å²) in [6.07, 6.45) is 5.72. The van der Waals surface area contributed by atoms with Gasteiger partial charge in [-0.25, -0.2) is 0 Å². The zero-order chi connectivity index (χ0) is 14.9. The highest BCUT2D eigenvalue weighted by Gasteiger charge is 2.38. The molecule has 0 bridgehead atoms. The van der Waals surface area contributed by atoms with Crippen LogP contribution in [0.3, 0.4) is 0 Å². The van der Waals surface area contributed by atoms with Crippen LogP contribution in [0.2, 0.25) is 0 Å². The number of rotatable bonds is 3. The van der Waals surface area contributed by atoms with Crippen molar-refractivity contribution in [3.05, 3.63) is 17.5 Å². The Kier molecular flexibility index (Phi) is 4.33. The molecule has 2 aliphatic heterocycles. The molecule has 6 nitrogen and oxygen atoms in total. The lowest BCUT2D eigenvalue weighted by atomic mass is 10.1. The van der Waals surface area contributed by atoms with Gasteiger partial charge < -0.3 is 4.52 Å². The predicted molar refractivity (Wildman–Crippen MR) is 78.9 cm³/mol. The summed E-state index contributed by atoms with van der Waals surface area (Å²) in [5.41, 5.74) is 0.799. The van der Waals surface area contributed by atoms with Crippen LogP contribution in [-0.4, -0.2) is 41.8 Å². The van der Waals surface area contributed by atoms with Crippen molar-refractivity contribution in [2.24, 2.45) is 0 Å². The molecule has 1 aromatic heterocycles. The normalized spacial score (nSPS) is 26.0. The molecule has 2 saturated heterocycles. The fourth-order valence-corrected chi connectivity index (χ4v) is 5.16. The van der Waals surface area contributed by atoms with Crippen molar-refractivity contribution >= 4 is 10.2 Å². The first kappa shape index (κ1) is 15.0. The second kappa shape index (κ2) is 6.06. The Balaban J connectivity index is 1.91. The monoisotopic (exact) mass is 313 g/mol. The zero-order valence-corrected chi connectivity index (χ0v) is 13.3. The van der Waals surface area contributed by atoms with E-state index in [-0.39, 0.29) is 6.04 Å².